The smallest absolute Gasteiger partial charge is 0.209 e. The van der Waals surface area contributed by atoms with Crippen LogP contribution in [-0.2, 0) is 81.5 Å². The number of aromatic hydroxyl groups is 1. The Labute approximate surface area is 733 Å². The normalized spacial score (nSPS) is 12.3. The molecule has 0 bridgehead atoms. The average Bonchev–Trinajstić information content (AvgIpc) is 0.777. The first-order valence-corrected chi connectivity index (χ1v) is 47.8. The lowest BCUT2D eigenvalue weighted by molar-refractivity contribution is 0.453. The molecule has 1 N–H and O–H groups in total. The van der Waals surface area contributed by atoms with Crippen molar-refractivity contribution < 1.29 is 9.84 Å². The third-order valence-electron chi connectivity index (χ3n) is 20.9. The molecule has 15 aromatic carbocycles. The highest BCUT2D eigenvalue weighted by molar-refractivity contribution is 7.98. The molecule has 0 saturated carbocycles. The zero-order chi connectivity index (χ0) is 85.4. The van der Waals surface area contributed by atoms with Gasteiger partial charge >= 0.3 is 0 Å². The van der Waals surface area contributed by atoms with Gasteiger partial charge in [-0.1, -0.05) is 315 Å². The number of fused-ring (bicyclic) bond motifs is 2. The van der Waals surface area contributed by atoms with Crippen LogP contribution in [0.3, 0.4) is 0 Å². The van der Waals surface area contributed by atoms with E-state index in [-0.39, 0.29) is 81.5 Å². The molecule has 608 valence electrons. The van der Waals surface area contributed by atoms with Crippen molar-refractivity contribution in [1.29, 1.82) is 0 Å². The van der Waals surface area contributed by atoms with Gasteiger partial charge in [0.25, 0.3) is 0 Å². The number of benzene rings is 15. The van der Waals surface area contributed by atoms with E-state index in [2.05, 4.69) is 452 Å². The molecule has 0 fully saturated rings. The van der Waals surface area contributed by atoms with Crippen LogP contribution < -0.4 is 4.74 Å². The first-order valence-electron chi connectivity index (χ1n) is 41.6. The Morgan fingerprint density at radius 1 is 0.225 bits per heavy atom. The fourth-order valence-electron chi connectivity index (χ4n) is 14.0. The van der Waals surface area contributed by atoms with Crippen LogP contribution in [0, 0.1) is 20.8 Å². The van der Waals surface area contributed by atoms with Crippen molar-refractivity contribution in [3.05, 3.63) is 433 Å². The second kappa shape index (κ2) is 39.9. The fraction of sp³-hybridized carbons (Fsp3) is 0.204. The van der Waals surface area contributed by atoms with E-state index in [1.54, 1.807) is 12.1 Å². The SMILES string of the molecule is CC(C)(C)c1ccc([S+](c2ccc(C(C)(C)C)cc2)c2ccc(C(C)(C)C)cc2)cc1.CC(C)(C)c1ccc([S+](c2ccccc2)c2ccc(C(C)(C)C)cc2)cc1.Cc1ccc([S+](c2ccccc2)c2ccc(C)cc2C)cc1.Oc1ccc([S+](c2ccccc2)c2ccccc2)cc1.c1ccc([S+]2c3ccccc3Oc3ccccc32)cc1. The standard InChI is InChI=1S/C30H39S.C26H31S.C21H21S.C18H13OS.C18H14OS/c1-28(2,3)22-10-16-25(17-11-22)31(26-18-12-23(13-19-26)29(4,5)6)27-20-14-24(15-21-27)30(7,8)9;1-25(2,3)20-12-16-23(17-13-20)27(22-10-8-7-9-11-22)24-18-14-21(15-19-24)26(4,5)6;1-16-9-12-20(13-10-16)22(19-7-5-4-6-8-19)21-14-11-17(2)15-18(21)3;1-2-8-14(9-3-1)20-17-12-6-4-10-15(17)19-16-11-5-7-13-18(16)20;19-15-11-13-18(14-12-15)20(16-7-3-1-4-8-16)17-9-5-2-6-10-17/h10-21H,1-9H3;7-19H,1-6H3;4-15H,1-3H3;1-13H;1-14H/q4*+1;/p+1. The van der Waals surface area contributed by atoms with Crippen LogP contribution >= 0.6 is 0 Å². The van der Waals surface area contributed by atoms with Crippen LogP contribution in [0.1, 0.15) is 148 Å². The number of ether oxygens (including phenoxy) is 1. The molecule has 1 heterocycles. The highest BCUT2D eigenvalue weighted by atomic mass is 32.2. The van der Waals surface area contributed by atoms with Gasteiger partial charge in [0.2, 0.25) is 9.79 Å². The minimum atomic E-state index is -0.134. The molecule has 15 aromatic rings. The second-order valence-electron chi connectivity index (χ2n) is 35.5. The van der Waals surface area contributed by atoms with Crippen molar-refractivity contribution in [2.24, 2.45) is 0 Å². The molecule has 0 aromatic heterocycles. The van der Waals surface area contributed by atoms with E-state index in [0.29, 0.717) is 5.75 Å². The number of rotatable bonds is 13. The summed E-state index contributed by atoms with van der Waals surface area (Å²) in [6.07, 6.45) is 0. The maximum Gasteiger partial charge on any atom is 0.209 e. The van der Waals surface area contributed by atoms with Crippen molar-refractivity contribution in [3.63, 3.8) is 0 Å². The van der Waals surface area contributed by atoms with Gasteiger partial charge in [-0.2, -0.15) is 0 Å². The summed E-state index contributed by atoms with van der Waals surface area (Å²) in [6, 6.07) is 139. The average molecular weight is 1670 g/mol. The lowest BCUT2D eigenvalue weighted by atomic mass is 9.87. The summed E-state index contributed by atoms with van der Waals surface area (Å²) in [5.41, 5.74) is 11.8. The van der Waals surface area contributed by atoms with Crippen LogP contribution in [0.25, 0.3) is 0 Å². The van der Waals surface area contributed by atoms with Gasteiger partial charge in [0.05, 0.1) is 43.6 Å². The molecule has 0 spiro atoms. The molecule has 1 unspecified atom stereocenters. The van der Waals surface area contributed by atoms with E-state index >= 15 is 0 Å². The molecule has 0 aliphatic carbocycles. The highest BCUT2D eigenvalue weighted by Gasteiger charge is 2.40. The quantitative estimate of drug-likeness (QED) is 0.117. The minimum Gasteiger partial charge on any atom is -0.508 e. The van der Waals surface area contributed by atoms with Crippen LogP contribution in [0.4, 0.5) is 0 Å². The lowest BCUT2D eigenvalue weighted by Crippen LogP contribution is -2.13. The predicted molar refractivity (Wildman–Crippen MR) is 517 cm³/mol. The number of aryl methyl sites for hydroxylation is 3. The lowest BCUT2D eigenvalue weighted by Gasteiger charge is -2.21. The Morgan fingerprint density at radius 3 is 0.733 bits per heavy atom. The molecule has 0 radical (unpaired) electrons. The third kappa shape index (κ3) is 23.4. The molecule has 1 aliphatic rings. The van der Waals surface area contributed by atoms with E-state index in [1.165, 1.54) is 118 Å². The summed E-state index contributed by atoms with van der Waals surface area (Å²) in [5.74, 6) is 2.25. The van der Waals surface area contributed by atoms with Crippen molar-refractivity contribution in [3.8, 4) is 17.2 Å². The van der Waals surface area contributed by atoms with E-state index in [4.69, 9.17) is 4.74 Å². The van der Waals surface area contributed by atoms with Crippen molar-refractivity contribution >= 4 is 54.5 Å². The Bertz CT molecular complexity index is 5410. The molecular formula is C113H119O2S5+5. The maximum atomic E-state index is 9.48. The number of hydrogen-bond acceptors (Lipinski definition) is 2. The van der Waals surface area contributed by atoms with Gasteiger partial charge in [0.1, 0.15) is 16.6 Å². The van der Waals surface area contributed by atoms with Gasteiger partial charge < -0.3 is 9.84 Å². The van der Waals surface area contributed by atoms with E-state index in [0.717, 1.165) is 11.5 Å². The topological polar surface area (TPSA) is 29.5 Å². The predicted octanol–water partition coefficient (Wildman–Crippen LogP) is 31.1. The molecule has 0 amide bonds. The second-order valence-corrected chi connectivity index (χ2v) is 45.6. The van der Waals surface area contributed by atoms with E-state index in [9.17, 15) is 5.11 Å². The largest absolute Gasteiger partial charge is 0.508 e. The summed E-state index contributed by atoms with van der Waals surface area (Å²) >= 11 is 0. The van der Waals surface area contributed by atoms with Gasteiger partial charge in [-0.15, -0.1) is 0 Å². The molecular weight excluding hydrogens is 1550 g/mol. The van der Waals surface area contributed by atoms with Gasteiger partial charge in [0, 0.05) is 5.56 Å². The molecule has 16 rings (SSSR count). The first kappa shape index (κ1) is 88.9. The van der Waals surface area contributed by atoms with Crippen molar-refractivity contribution in [2.45, 2.75) is 225 Å². The summed E-state index contributed by atoms with van der Waals surface area (Å²) < 4.78 is 6.04. The Morgan fingerprint density at radius 2 is 0.450 bits per heavy atom. The summed E-state index contributed by atoms with van der Waals surface area (Å²) in [4.78, 5) is 20.0. The van der Waals surface area contributed by atoms with Gasteiger partial charge in [-0.25, -0.2) is 0 Å². The summed E-state index contributed by atoms with van der Waals surface area (Å²) in [7, 11) is -0.464. The zero-order valence-electron chi connectivity index (χ0n) is 73.3. The van der Waals surface area contributed by atoms with Gasteiger partial charge in [0.15, 0.2) is 75.1 Å². The van der Waals surface area contributed by atoms with Crippen molar-refractivity contribution in [1.82, 2.24) is 0 Å². The first-order chi connectivity index (χ1) is 57.3. The molecule has 120 heavy (non-hydrogen) atoms. The number of phenolic OH excluding ortho intramolecular Hbond substituents is 1. The van der Waals surface area contributed by atoms with Crippen LogP contribution in [-0.4, -0.2) is 5.11 Å². The third-order valence-corrected chi connectivity index (χ3v) is 32.3. The highest BCUT2D eigenvalue weighted by Crippen LogP contribution is 2.47. The fourth-order valence-corrected chi connectivity index (χ4v) is 24.6. The minimum absolute atomic E-state index is 0.0427. The van der Waals surface area contributed by atoms with E-state index < -0.39 is 0 Å². The number of phenols is 1. The molecule has 1 aliphatic heterocycles. The molecule has 2 nitrogen and oxygen atoms in total. The summed E-state index contributed by atoms with van der Waals surface area (Å²) in [6.45, 7) is 40.6. The molecule has 1 atom stereocenters. The van der Waals surface area contributed by atoms with Crippen LogP contribution in [0.5, 0.6) is 17.2 Å². The van der Waals surface area contributed by atoms with Crippen LogP contribution in [0.2, 0.25) is 0 Å². The Balaban J connectivity index is 0.000000139. The van der Waals surface area contributed by atoms with Gasteiger partial charge in [-0.3, -0.25) is 0 Å². The molecule has 7 heteroatoms. The maximum absolute atomic E-state index is 9.48. The van der Waals surface area contributed by atoms with E-state index in [1.807, 2.05) is 48.5 Å². The van der Waals surface area contributed by atoms with Crippen LogP contribution in [0.15, 0.2) is 462 Å². The van der Waals surface area contributed by atoms with Gasteiger partial charge in [-0.05, 0) is 264 Å². The Kier molecular flexibility index (Phi) is 29.6. The monoisotopic (exact) mass is 1670 g/mol. The Hall–Kier alpha value is -10.4. The zero-order valence-corrected chi connectivity index (χ0v) is 77.4. The van der Waals surface area contributed by atoms with Crippen molar-refractivity contribution in [2.75, 3.05) is 0 Å². The molecule has 0 saturated heterocycles. The number of hydrogen-bond donors (Lipinski definition) is 1. The number of para-hydroxylation sites is 2. The summed E-state index contributed by atoms with van der Waals surface area (Å²) in [5, 5.41) is 9.48.